The number of hydrogen-bond acceptors (Lipinski definition) is 7. The molecule has 28 heavy (non-hydrogen) atoms. The van der Waals surface area contributed by atoms with Gasteiger partial charge in [0.25, 0.3) is 7.82 Å². The van der Waals surface area contributed by atoms with E-state index in [9.17, 15) is 19.4 Å². The van der Waals surface area contributed by atoms with E-state index in [1.54, 1.807) is 0 Å². The van der Waals surface area contributed by atoms with Gasteiger partial charge in [-0.1, -0.05) is 71.3 Å². The van der Waals surface area contributed by atoms with Crippen molar-refractivity contribution in [1.29, 1.82) is 0 Å². The summed E-state index contributed by atoms with van der Waals surface area (Å²) in [4.78, 5) is 22.8. The van der Waals surface area contributed by atoms with Crippen molar-refractivity contribution < 1.29 is 62.7 Å². The summed E-state index contributed by atoms with van der Waals surface area (Å²) in [6.45, 7) is 6.24. The third-order valence-electron chi connectivity index (χ3n) is 3.93. The van der Waals surface area contributed by atoms with Gasteiger partial charge in [0.05, 0.1) is 13.2 Å². The van der Waals surface area contributed by atoms with Crippen molar-refractivity contribution in [3.05, 3.63) is 12.2 Å². The van der Waals surface area contributed by atoms with Gasteiger partial charge in [0.2, 0.25) is 0 Å². The SMILES string of the molecule is C=C(C)C(=O)OCC(O)COP(=O)([O-])OCCCCCCCCCCCC.[Na+]. The predicted molar refractivity (Wildman–Crippen MR) is 103 cm³/mol. The summed E-state index contributed by atoms with van der Waals surface area (Å²) in [6, 6.07) is 0. The molecule has 7 nitrogen and oxygen atoms in total. The van der Waals surface area contributed by atoms with Gasteiger partial charge >= 0.3 is 35.5 Å². The molecule has 0 aliphatic heterocycles. The van der Waals surface area contributed by atoms with E-state index in [0.29, 0.717) is 6.42 Å². The first kappa shape index (κ1) is 30.5. The summed E-state index contributed by atoms with van der Waals surface area (Å²) in [6.07, 6.45) is 10.2. The van der Waals surface area contributed by atoms with Gasteiger partial charge in [0.15, 0.2) is 0 Å². The van der Waals surface area contributed by atoms with E-state index in [1.165, 1.54) is 45.4 Å². The van der Waals surface area contributed by atoms with Crippen LogP contribution in [0.4, 0.5) is 0 Å². The number of aliphatic hydroxyl groups excluding tert-OH is 1. The second kappa shape index (κ2) is 19.3. The fraction of sp³-hybridized carbons (Fsp3) is 0.842. The summed E-state index contributed by atoms with van der Waals surface area (Å²) in [5.41, 5.74) is 0.192. The maximum atomic E-state index is 11.6. The van der Waals surface area contributed by atoms with Crippen LogP contribution in [0.2, 0.25) is 0 Å². The first-order valence-electron chi connectivity index (χ1n) is 9.89. The van der Waals surface area contributed by atoms with Crippen LogP contribution in [0.3, 0.4) is 0 Å². The molecule has 0 aromatic carbocycles. The maximum Gasteiger partial charge on any atom is 1.00 e. The van der Waals surface area contributed by atoms with Crippen LogP contribution in [-0.2, 0) is 23.1 Å². The second-order valence-corrected chi connectivity index (χ2v) is 8.20. The Morgan fingerprint density at radius 1 is 1.00 bits per heavy atom. The third kappa shape index (κ3) is 19.6. The third-order valence-corrected chi connectivity index (χ3v) is 4.89. The summed E-state index contributed by atoms with van der Waals surface area (Å²) in [7, 11) is -4.46. The Bertz CT molecular complexity index is 460. The number of esters is 1. The topological polar surface area (TPSA) is 105 Å². The van der Waals surface area contributed by atoms with Gasteiger partial charge < -0.3 is 23.8 Å². The minimum absolute atomic E-state index is 0. The zero-order chi connectivity index (χ0) is 20.5. The van der Waals surface area contributed by atoms with Crippen LogP contribution in [0.15, 0.2) is 12.2 Å². The number of rotatable bonds is 18. The molecule has 0 radical (unpaired) electrons. The number of carbonyl (C=O) groups excluding carboxylic acids is 1. The van der Waals surface area contributed by atoms with Crippen LogP contribution in [0.25, 0.3) is 0 Å². The molecule has 0 aromatic heterocycles. The monoisotopic (exact) mass is 430 g/mol. The van der Waals surface area contributed by atoms with Gasteiger partial charge in [-0.2, -0.15) is 0 Å². The quantitative estimate of drug-likeness (QED) is 0.113. The van der Waals surface area contributed by atoms with Crippen molar-refractivity contribution >= 4 is 13.8 Å². The molecule has 1 N–H and O–H groups in total. The molecule has 0 rings (SSSR count). The average Bonchev–Trinajstić information content (AvgIpc) is 2.62. The van der Waals surface area contributed by atoms with E-state index < -0.39 is 26.5 Å². The Labute approximate surface area is 192 Å². The minimum atomic E-state index is -4.46. The van der Waals surface area contributed by atoms with Crippen molar-refractivity contribution in [2.75, 3.05) is 19.8 Å². The fourth-order valence-electron chi connectivity index (χ4n) is 2.32. The number of unbranched alkanes of at least 4 members (excludes halogenated alkanes) is 9. The number of aliphatic hydroxyl groups is 1. The second-order valence-electron chi connectivity index (χ2n) is 6.79. The Morgan fingerprint density at radius 3 is 2.00 bits per heavy atom. The zero-order valence-corrected chi connectivity index (χ0v) is 20.7. The molecule has 0 heterocycles. The Kier molecular flexibility index (Phi) is 21.0. The van der Waals surface area contributed by atoms with Gasteiger partial charge in [-0.15, -0.1) is 0 Å². The number of phosphoric acid groups is 1. The number of carbonyl (C=O) groups is 1. The first-order chi connectivity index (χ1) is 12.8. The molecule has 2 atom stereocenters. The van der Waals surface area contributed by atoms with Crippen LogP contribution >= 0.6 is 7.82 Å². The van der Waals surface area contributed by atoms with E-state index in [1.807, 2.05) is 0 Å². The minimum Gasteiger partial charge on any atom is -0.756 e. The molecule has 2 unspecified atom stereocenters. The molecular formula is C19H36NaO7P. The smallest absolute Gasteiger partial charge is 0.756 e. The van der Waals surface area contributed by atoms with Crippen molar-refractivity contribution in [1.82, 2.24) is 0 Å². The molecular weight excluding hydrogens is 394 g/mol. The normalized spacial score (nSPS) is 14.0. The molecule has 0 spiro atoms. The molecule has 160 valence electrons. The molecule has 0 fully saturated rings. The number of ether oxygens (including phenoxy) is 1. The predicted octanol–water partition coefficient (Wildman–Crippen LogP) is 0.893. The van der Waals surface area contributed by atoms with Gasteiger partial charge in [0.1, 0.15) is 12.7 Å². The summed E-state index contributed by atoms with van der Waals surface area (Å²) >= 11 is 0. The molecule has 0 saturated carbocycles. The van der Waals surface area contributed by atoms with Gasteiger partial charge in [-0.05, 0) is 13.3 Å². The maximum absolute atomic E-state index is 11.6. The van der Waals surface area contributed by atoms with Gasteiger partial charge in [0, 0.05) is 5.57 Å². The molecule has 0 aliphatic carbocycles. The zero-order valence-electron chi connectivity index (χ0n) is 17.8. The molecule has 0 aromatic rings. The van der Waals surface area contributed by atoms with E-state index >= 15 is 0 Å². The molecule has 0 bridgehead atoms. The van der Waals surface area contributed by atoms with E-state index in [-0.39, 0.29) is 48.3 Å². The largest absolute Gasteiger partial charge is 1.00 e. The van der Waals surface area contributed by atoms with Crippen LogP contribution in [0.5, 0.6) is 0 Å². The van der Waals surface area contributed by atoms with Crippen LogP contribution < -0.4 is 34.5 Å². The number of hydrogen-bond donors (Lipinski definition) is 1. The van der Waals surface area contributed by atoms with Gasteiger partial charge in [-0.25, -0.2) is 4.79 Å². The molecule has 0 saturated heterocycles. The Morgan fingerprint density at radius 2 is 1.50 bits per heavy atom. The van der Waals surface area contributed by atoms with E-state index in [0.717, 1.165) is 19.3 Å². The number of phosphoric ester groups is 1. The first-order valence-corrected chi connectivity index (χ1v) is 11.4. The standard InChI is InChI=1S/C19H37O7P.Na/c1-4-5-6-7-8-9-10-11-12-13-14-25-27(22,23)26-16-18(20)15-24-19(21)17(2)3;/h18,20H,2,4-16H2,1,3H3,(H,22,23);/q;+1/p-1. The van der Waals surface area contributed by atoms with Crippen molar-refractivity contribution in [3.8, 4) is 0 Å². The molecule has 0 aliphatic rings. The van der Waals surface area contributed by atoms with E-state index in [4.69, 9.17) is 9.26 Å². The van der Waals surface area contributed by atoms with Crippen molar-refractivity contribution in [2.24, 2.45) is 0 Å². The van der Waals surface area contributed by atoms with Crippen LogP contribution in [0.1, 0.15) is 78.1 Å². The summed E-state index contributed by atoms with van der Waals surface area (Å²) < 4.78 is 25.6. The Hall–Kier alpha value is 0.280. The van der Waals surface area contributed by atoms with Crippen LogP contribution in [0, 0.1) is 0 Å². The Balaban J connectivity index is 0. The fourth-order valence-corrected chi connectivity index (χ4v) is 3.11. The summed E-state index contributed by atoms with van der Waals surface area (Å²) in [5, 5.41) is 9.56. The van der Waals surface area contributed by atoms with E-state index in [2.05, 4.69) is 18.0 Å². The van der Waals surface area contributed by atoms with Gasteiger partial charge in [-0.3, -0.25) is 4.57 Å². The van der Waals surface area contributed by atoms with Crippen LogP contribution in [-0.4, -0.2) is 37.0 Å². The van der Waals surface area contributed by atoms with Crippen molar-refractivity contribution in [2.45, 2.75) is 84.2 Å². The molecule has 9 heteroatoms. The average molecular weight is 430 g/mol. The molecule has 0 amide bonds. The van der Waals surface area contributed by atoms with Crippen molar-refractivity contribution in [3.63, 3.8) is 0 Å². The summed E-state index contributed by atoms with van der Waals surface area (Å²) in [5.74, 6) is -0.656.